The van der Waals surface area contributed by atoms with Crippen LogP contribution in [0.4, 0.5) is 0 Å². The molecule has 0 atom stereocenters. The van der Waals surface area contributed by atoms with Crippen LogP contribution in [-0.4, -0.2) is 36.1 Å². The first-order chi connectivity index (χ1) is 18.3. The fourth-order valence-corrected chi connectivity index (χ4v) is 4.82. The highest BCUT2D eigenvalue weighted by atomic mass is 15.0. The van der Waals surface area contributed by atoms with E-state index in [4.69, 9.17) is 9.97 Å². The quantitative estimate of drug-likeness (QED) is 0.175. The molecule has 4 aromatic carbocycles. The van der Waals surface area contributed by atoms with Gasteiger partial charge in [0.25, 0.3) is 0 Å². The standard InChI is InChI=1S/C32H31N5/c1-3-7-29-25(5-1)19-27-17-23(9-11-31(27)36-29)21-34-15-13-33-14-16-35-22-24-10-12-32-28(18-24)20-26-6-2-4-8-30(26)37-32/h1-12,17-20,33-35H,13-16,21-22H2. The van der Waals surface area contributed by atoms with Gasteiger partial charge in [-0.05, 0) is 59.7 Å². The smallest absolute Gasteiger partial charge is 0.0709 e. The molecule has 5 nitrogen and oxygen atoms in total. The van der Waals surface area contributed by atoms with Gasteiger partial charge >= 0.3 is 0 Å². The van der Waals surface area contributed by atoms with E-state index in [1.54, 1.807) is 0 Å². The zero-order chi connectivity index (χ0) is 24.9. The Bertz CT molecular complexity index is 1550. The fraction of sp³-hybridized carbons (Fsp3) is 0.188. The molecule has 0 aliphatic rings. The van der Waals surface area contributed by atoms with Crippen molar-refractivity contribution in [2.24, 2.45) is 0 Å². The number of aromatic nitrogens is 2. The third-order valence-electron chi connectivity index (χ3n) is 6.78. The topological polar surface area (TPSA) is 61.9 Å². The van der Waals surface area contributed by atoms with Crippen LogP contribution in [0.1, 0.15) is 11.1 Å². The van der Waals surface area contributed by atoms with Crippen LogP contribution in [0, 0.1) is 0 Å². The van der Waals surface area contributed by atoms with Crippen molar-refractivity contribution in [2.75, 3.05) is 26.2 Å². The van der Waals surface area contributed by atoms with Crippen molar-refractivity contribution in [3.63, 3.8) is 0 Å². The summed E-state index contributed by atoms with van der Waals surface area (Å²) in [6.07, 6.45) is 0. The highest BCUT2D eigenvalue weighted by Gasteiger charge is 2.03. The molecule has 0 aliphatic carbocycles. The zero-order valence-electron chi connectivity index (χ0n) is 20.9. The second kappa shape index (κ2) is 11.0. The van der Waals surface area contributed by atoms with Gasteiger partial charge in [-0.3, -0.25) is 0 Å². The molecule has 0 radical (unpaired) electrons. The van der Waals surface area contributed by atoms with Gasteiger partial charge in [0.1, 0.15) is 0 Å². The molecule has 0 spiro atoms. The van der Waals surface area contributed by atoms with Crippen LogP contribution in [-0.2, 0) is 13.1 Å². The second-order valence-corrected chi connectivity index (χ2v) is 9.52. The van der Waals surface area contributed by atoms with Gasteiger partial charge in [0.15, 0.2) is 0 Å². The third-order valence-corrected chi connectivity index (χ3v) is 6.78. The summed E-state index contributed by atoms with van der Waals surface area (Å²) in [5.74, 6) is 0. The number of pyridine rings is 2. The Balaban J connectivity index is 0.909. The van der Waals surface area contributed by atoms with Crippen LogP contribution in [0.2, 0.25) is 0 Å². The molecule has 37 heavy (non-hydrogen) atoms. The first-order valence-electron chi connectivity index (χ1n) is 13.0. The largest absolute Gasteiger partial charge is 0.314 e. The van der Waals surface area contributed by atoms with E-state index in [-0.39, 0.29) is 0 Å². The normalized spacial score (nSPS) is 11.7. The summed E-state index contributed by atoms with van der Waals surface area (Å²) >= 11 is 0. The van der Waals surface area contributed by atoms with Gasteiger partial charge in [0.05, 0.1) is 22.1 Å². The molecule has 6 aromatic rings. The van der Waals surface area contributed by atoms with Crippen molar-refractivity contribution in [3.05, 3.63) is 108 Å². The van der Waals surface area contributed by atoms with Crippen LogP contribution >= 0.6 is 0 Å². The Labute approximate surface area is 216 Å². The van der Waals surface area contributed by atoms with E-state index >= 15 is 0 Å². The SMILES string of the molecule is c1ccc2nc3ccc(CNCCNCCNCc4ccc5nc6ccccc6cc5c4)cc3cc2c1. The highest BCUT2D eigenvalue weighted by Crippen LogP contribution is 2.21. The molecule has 0 bridgehead atoms. The van der Waals surface area contributed by atoms with E-state index < -0.39 is 0 Å². The van der Waals surface area contributed by atoms with E-state index in [0.717, 1.165) is 61.3 Å². The molecular weight excluding hydrogens is 454 g/mol. The molecule has 0 saturated carbocycles. The Morgan fingerprint density at radius 1 is 0.405 bits per heavy atom. The van der Waals surface area contributed by atoms with Crippen LogP contribution < -0.4 is 16.0 Å². The molecule has 0 aliphatic heterocycles. The van der Waals surface area contributed by atoms with Crippen LogP contribution in [0.15, 0.2) is 97.1 Å². The summed E-state index contributed by atoms with van der Waals surface area (Å²) in [5, 5.41) is 15.3. The van der Waals surface area contributed by atoms with Gasteiger partial charge in [0, 0.05) is 60.8 Å². The number of rotatable bonds is 10. The Morgan fingerprint density at radius 3 is 1.35 bits per heavy atom. The fourth-order valence-electron chi connectivity index (χ4n) is 4.82. The molecule has 5 heteroatoms. The average Bonchev–Trinajstić information content (AvgIpc) is 2.94. The molecule has 2 aromatic heterocycles. The number of fused-ring (bicyclic) bond motifs is 4. The number of hydrogen-bond acceptors (Lipinski definition) is 5. The second-order valence-electron chi connectivity index (χ2n) is 9.52. The summed E-state index contributed by atoms with van der Waals surface area (Å²) in [7, 11) is 0. The summed E-state index contributed by atoms with van der Waals surface area (Å²) in [6.45, 7) is 5.45. The lowest BCUT2D eigenvalue weighted by atomic mass is 10.1. The lowest BCUT2D eigenvalue weighted by Crippen LogP contribution is -2.32. The van der Waals surface area contributed by atoms with E-state index in [1.165, 1.54) is 32.7 Å². The lowest BCUT2D eigenvalue weighted by Gasteiger charge is -2.09. The van der Waals surface area contributed by atoms with Gasteiger partial charge in [-0.1, -0.05) is 48.5 Å². The van der Waals surface area contributed by atoms with Gasteiger partial charge in [-0.15, -0.1) is 0 Å². The molecule has 2 heterocycles. The maximum absolute atomic E-state index is 4.77. The van der Waals surface area contributed by atoms with Crippen molar-refractivity contribution >= 4 is 43.6 Å². The number of nitrogens with one attached hydrogen (secondary N) is 3. The third kappa shape index (κ3) is 5.59. The Morgan fingerprint density at radius 2 is 0.838 bits per heavy atom. The number of para-hydroxylation sites is 2. The van der Waals surface area contributed by atoms with E-state index in [0.29, 0.717) is 0 Å². The first-order valence-corrected chi connectivity index (χ1v) is 13.0. The average molecular weight is 486 g/mol. The lowest BCUT2D eigenvalue weighted by molar-refractivity contribution is 0.581. The van der Waals surface area contributed by atoms with E-state index in [9.17, 15) is 0 Å². The summed E-state index contributed by atoms with van der Waals surface area (Å²) < 4.78 is 0. The van der Waals surface area contributed by atoms with E-state index in [2.05, 4.69) is 101 Å². The van der Waals surface area contributed by atoms with Crippen molar-refractivity contribution in [1.29, 1.82) is 0 Å². The van der Waals surface area contributed by atoms with Crippen molar-refractivity contribution in [1.82, 2.24) is 25.9 Å². The molecule has 0 fully saturated rings. The highest BCUT2D eigenvalue weighted by molar-refractivity contribution is 5.93. The van der Waals surface area contributed by atoms with E-state index in [1.807, 2.05) is 12.1 Å². The number of benzene rings is 4. The van der Waals surface area contributed by atoms with Gasteiger partial charge < -0.3 is 16.0 Å². The molecule has 3 N–H and O–H groups in total. The summed E-state index contributed by atoms with van der Waals surface area (Å²) in [6, 6.07) is 34.1. The molecule has 0 unspecified atom stereocenters. The molecule has 6 rings (SSSR count). The van der Waals surface area contributed by atoms with Gasteiger partial charge in [-0.25, -0.2) is 9.97 Å². The molecule has 184 valence electrons. The summed E-state index contributed by atoms with van der Waals surface area (Å²) in [5.41, 5.74) is 6.75. The predicted octanol–water partition coefficient (Wildman–Crippen LogP) is 5.56. The minimum absolute atomic E-state index is 0.856. The van der Waals surface area contributed by atoms with Crippen LogP contribution in [0.25, 0.3) is 43.6 Å². The molecule has 0 amide bonds. The number of hydrogen-bond donors (Lipinski definition) is 3. The van der Waals surface area contributed by atoms with Crippen molar-refractivity contribution in [3.8, 4) is 0 Å². The molecule has 0 saturated heterocycles. The summed E-state index contributed by atoms with van der Waals surface area (Å²) in [4.78, 5) is 9.54. The van der Waals surface area contributed by atoms with Crippen molar-refractivity contribution < 1.29 is 0 Å². The number of nitrogens with zero attached hydrogens (tertiary/aromatic N) is 2. The zero-order valence-corrected chi connectivity index (χ0v) is 20.9. The van der Waals surface area contributed by atoms with Crippen LogP contribution in [0.5, 0.6) is 0 Å². The minimum Gasteiger partial charge on any atom is -0.314 e. The maximum Gasteiger partial charge on any atom is 0.0709 e. The Hall–Kier alpha value is -3.90. The van der Waals surface area contributed by atoms with Gasteiger partial charge in [0.2, 0.25) is 0 Å². The van der Waals surface area contributed by atoms with Gasteiger partial charge in [-0.2, -0.15) is 0 Å². The van der Waals surface area contributed by atoms with Crippen molar-refractivity contribution in [2.45, 2.75) is 13.1 Å². The molecular formula is C32H31N5. The minimum atomic E-state index is 0.856. The maximum atomic E-state index is 4.77. The first kappa shape index (κ1) is 23.5. The predicted molar refractivity (Wildman–Crippen MR) is 155 cm³/mol. The van der Waals surface area contributed by atoms with Crippen LogP contribution in [0.3, 0.4) is 0 Å². The monoisotopic (exact) mass is 485 g/mol. The Kier molecular flexibility index (Phi) is 6.99.